The van der Waals surface area contributed by atoms with E-state index < -0.39 is 0 Å². The highest BCUT2D eigenvalue weighted by Crippen LogP contribution is 2.32. The van der Waals surface area contributed by atoms with Crippen molar-refractivity contribution in [3.8, 4) is 11.5 Å². The second-order valence-corrected chi connectivity index (χ2v) is 4.99. The Morgan fingerprint density at radius 1 is 1.29 bits per heavy atom. The van der Waals surface area contributed by atoms with Crippen molar-refractivity contribution < 1.29 is 9.21 Å². The van der Waals surface area contributed by atoms with Gasteiger partial charge in [0.25, 0.3) is 0 Å². The third kappa shape index (κ3) is 2.76. The van der Waals surface area contributed by atoms with Crippen molar-refractivity contribution in [3.63, 3.8) is 0 Å². The van der Waals surface area contributed by atoms with Crippen LogP contribution in [-0.4, -0.2) is 10.9 Å². The number of amides is 1. The number of halogens is 1. The minimum atomic E-state index is -0.0548. The Hall–Kier alpha value is -2.33. The van der Waals surface area contributed by atoms with Gasteiger partial charge in [0.2, 0.25) is 11.8 Å². The van der Waals surface area contributed by atoms with E-state index in [9.17, 15) is 4.79 Å². The van der Waals surface area contributed by atoms with Crippen LogP contribution >= 0.6 is 11.6 Å². The van der Waals surface area contributed by atoms with Crippen molar-refractivity contribution in [1.82, 2.24) is 4.98 Å². The van der Waals surface area contributed by atoms with Crippen molar-refractivity contribution >= 4 is 34.3 Å². The molecule has 106 valence electrons. The van der Waals surface area contributed by atoms with Gasteiger partial charge in [0.1, 0.15) is 5.52 Å². The maximum atomic E-state index is 11.5. The molecule has 4 nitrogen and oxygen atoms in total. The Labute approximate surface area is 126 Å². The van der Waals surface area contributed by atoms with Crippen LogP contribution in [-0.2, 0) is 4.79 Å². The van der Waals surface area contributed by atoms with Gasteiger partial charge < -0.3 is 9.73 Å². The zero-order valence-corrected chi connectivity index (χ0v) is 12.1. The van der Waals surface area contributed by atoms with E-state index in [-0.39, 0.29) is 5.91 Å². The predicted molar refractivity (Wildman–Crippen MR) is 83.4 cm³/mol. The summed E-state index contributed by atoms with van der Waals surface area (Å²) in [6.07, 6.45) is 0.418. The number of nitrogens with zero attached hydrogens (tertiary/aromatic N) is 1. The maximum absolute atomic E-state index is 11.5. The fraction of sp³-hybridized carbons (Fsp3) is 0.125. The Morgan fingerprint density at radius 2 is 2.10 bits per heavy atom. The normalized spacial score (nSPS) is 10.8. The van der Waals surface area contributed by atoms with Crippen LogP contribution in [0.3, 0.4) is 0 Å². The number of carbonyl (C=O) groups excluding carboxylic acids is 1. The Balaban J connectivity index is 2.04. The van der Waals surface area contributed by atoms with Gasteiger partial charge in [-0.3, -0.25) is 4.79 Å². The zero-order chi connectivity index (χ0) is 14.8. The Morgan fingerprint density at radius 3 is 2.86 bits per heavy atom. The van der Waals surface area contributed by atoms with Gasteiger partial charge in [-0.1, -0.05) is 30.7 Å². The molecule has 3 aromatic rings. The molecule has 0 bridgehead atoms. The molecule has 0 aliphatic carbocycles. The number of aromatic nitrogens is 1. The largest absolute Gasteiger partial charge is 0.436 e. The van der Waals surface area contributed by atoms with Crippen LogP contribution in [0.4, 0.5) is 5.69 Å². The van der Waals surface area contributed by atoms with E-state index in [2.05, 4.69) is 10.3 Å². The van der Waals surface area contributed by atoms with Gasteiger partial charge in [-0.25, -0.2) is 4.98 Å². The van der Waals surface area contributed by atoms with E-state index >= 15 is 0 Å². The zero-order valence-electron chi connectivity index (χ0n) is 11.4. The monoisotopic (exact) mass is 300 g/mol. The van der Waals surface area contributed by atoms with Crippen LogP contribution in [0.25, 0.3) is 22.6 Å². The Bertz CT molecular complexity index is 778. The lowest BCUT2D eigenvalue weighted by Gasteiger charge is -2.06. The van der Waals surface area contributed by atoms with Crippen molar-refractivity contribution in [1.29, 1.82) is 0 Å². The molecule has 0 atom stereocenters. The molecule has 0 spiro atoms. The van der Waals surface area contributed by atoms with Crippen molar-refractivity contribution in [2.24, 2.45) is 0 Å². The summed E-state index contributed by atoms with van der Waals surface area (Å²) in [6.45, 7) is 1.80. The number of rotatable bonds is 3. The van der Waals surface area contributed by atoms with Crippen LogP contribution in [0.1, 0.15) is 13.3 Å². The molecule has 0 aliphatic rings. The second-order valence-electron chi connectivity index (χ2n) is 4.58. The van der Waals surface area contributed by atoms with E-state index in [4.69, 9.17) is 16.0 Å². The summed E-state index contributed by atoms with van der Waals surface area (Å²) >= 11 is 6.22. The minimum absolute atomic E-state index is 0.0548. The lowest BCUT2D eigenvalue weighted by Crippen LogP contribution is -2.09. The van der Waals surface area contributed by atoms with Gasteiger partial charge in [-0.15, -0.1) is 0 Å². The molecule has 0 radical (unpaired) electrons. The van der Waals surface area contributed by atoms with E-state index in [1.54, 1.807) is 25.1 Å². The number of oxazole rings is 1. The van der Waals surface area contributed by atoms with Gasteiger partial charge in [0, 0.05) is 12.1 Å². The molecule has 1 N–H and O–H groups in total. The molecule has 1 aromatic heterocycles. The average Bonchev–Trinajstić information content (AvgIpc) is 2.92. The van der Waals surface area contributed by atoms with Crippen LogP contribution < -0.4 is 5.32 Å². The number of anilines is 1. The summed E-state index contributed by atoms with van der Waals surface area (Å²) in [4.78, 5) is 15.9. The van der Waals surface area contributed by atoms with Gasteiger partial charge in [0.15, 0.2) is 5.58 Å². The lowest BCUT2D eigenvalue weighted by atomic mass is 10.2. The molecule has 5 heteroatoms. The predicted octanol–water partition coefficient (Wildman–Crippen LogP) is 4.50. The number of fused-ring (bicyclic) bond motifs is 1. The summed E-state index contributed by atoms with van der Waals surface area (Å²) in [7, 11) is 0. The third-order valence-corrected chi connectivity index (χ3v) is 3.43. The number of hydrogen-bond donors (Lipinski definition) is 1. The lowest BCUT2D eigenvalue weighted by molar-refractivity contribution is -0.115. The molecule has 21 heavy (non-hydrogen) atoms. The summed E-state index contributed by atoms with van der Waals surface area (Å²) in [5, 5.41) is 3.32. The minimum Gasteiger partial charge on any atom is -0.436 e. The summed E-state index contributed by atoms with van der Waals surface area (Å²) in [5.41, 5.74) is 2.79. The van der Waals surface area contributed by atoms with E-state index in [1.165, 1.54) is 0 Å². The first-order valence-corrected chi connectivity index (χ1v) is 7.00. The van der Waals surface area contributed by atoms with Crippen LogP contribution in [0.2, 0.25) is 5.02 Å². The SMILES string of the molecule is CCC(=O)Nc1ccc(Cl)c(-c2nc3ccccc3o2)c1. The van der Waals surface area contributed by atoms with Gasteiger partial charge in [-0.05, 0) is 30.3 Å². The molecule has 2 aromatic carbocycles. The standard InChI is InChI=1S/C16H13ClN2O2/c1-2-15(20)18-10-7-8-12(17)11(9-10)16-19-13-5-3-4-6-14(13)21-16/h3-9H,2H2,1H3,(H,18,20). The van der Waals surface area contributed by atoms with Crippen molar-refractivity contribution in [2.75, 3.05) is 5.32 Å². The molecule has 1 heterocycles. The third-order valence-electron chi connectivity index (χ3n) is 3.10. The first-order valence-electron chi connectivity index (χ1n) is 6.62. The van der Waals surface area contributed by atoms with Gasteiger partial charge in [0.05, 0.1) is 10.6 Å². The van der Waals surface area contributed by atoms with Crippen LogP contribution in [0.15, 0.2) is 46.9 Å². The molecule has 0 saturated carbocycles. The second kappa shape index (κ2) is 5.58. The van der Waals surface area contributed by atoms with E-state index in [0.29, 0.717) is 34.2 Å². The number of benzene rings is 2. The smallest absolute Gasteiger partial charge is 0.228 e. The molecular formula is C16H13ClN2O2. The molecule has 3 rings (SSSR count). The maximum Gasteiger partial charge on any atom is 0.228 e. The highest BCUT2D eigenvalue weighted by molar-refractivity contribution is 6.33. The highest BCUT2D eigenvalue weighted by atomic mass is 35.5. The number of para-hydroxylation sites is 2. The Kier molecular flexibility index (Phi) is 3.62. The van der Waals surface area contributed by atoms with Gasteiger partial charge in [-0.2, -0.15) is 0 Å². The van der Waals surface area contributed by atoms with Crippen molar-refractivity contribution in [2.45, 2.75) is 13.3 Å². The molecule has 0 aliphatic heterocycles. The molecule has 0 fully saturated rings. The van der Waals surface area contributed by atoms with Crippen molar-refractivity contribution in [3.05, 3.63) is 47.5 Å². The molecule has 0 saturated heterocycles. The highest BCUT2D eigenvalue weighted by Gasteiger charge is 2.12. The molecular weight excluding hydrogens is 288 g/mol. The summed E-state index contributed by atoms with van der Waals surface area (Å²) in [6, 6.07) is 12.7. The number of hydrogen-bond acceptors (Lipinski definition) is 3. The fourth-order valence-electron chi connectivity index (χ4n) is 2.00. The van der Waals surface area contributed by atoms with Crippen LogP contribution in [0, 0.1) is 0 Å². The van der Waals surface area contributed by atoms with E-state index in [1.807, 2.05) is 24.3 Å². The first-order chi connectivity index (χ1) is 10.2. The number of nitrogens with one attached hydrogen (secondary N) is 1. The quantitative estimate of drug-likeness (QED) is 0.775. The van der Waals surface area contributed by atoms with Crippen LogP contribution in [0.5, 0.6) is 0 Å². The van der Waals surface area contributed by atoms with E-state index in [0.717, 1.165) is 5.52 Å². The topological polar surface area (TPSA) is 55.1 Å². The molecule has 0 unspecified atom stereocenters. The summed E-state index contributed by atoms with van der Waals surface area (Å²) in [5.74, 6) is 0.384. The first kappa shape index (κ1) is 13.6. The fourth-order valence-corrected chi connectivity index (χ4v) is 2.20. The number of carbonyl (C=O) groups is 1. The average molecular weight is 301 g/mol. The van der Waals surface area contributed by atoms with Gasteiger partial charge >= 0.3 is 0 Å². The molecule has 1 amide bonds. The summed E-state index contributed by atoms with van der Waals surface area (Å²) < 4.78 is 5.71.